The van der Waals surface area contributed by atoms with Crippen LogP contribution in [0, 0.1) is 0 Å². The fraction of sp³-hybridized carbons (Fsp3) is 0.600. The largest absolute Gasteiger partial charge is 0.395 e. The van der Waals surface area contributed by atoms with Gasteiger partial charge in [-0.15, -0.1) is 0 Å². The number of rotatable bonds is 2. The Bertz CT molecular complexity index is 316. The Hall–Kier alpha value is -1.00. The lowest BCUT2D eigenvalue weighted by Crippen LogP contribution is -2.40. The van der Waals surface area contributed by atoms with Crippen molar-refractivity contribution in [3.05, 3.63) is 23.8 Å². The van der Waals surface area contributed by atoms with Crippen molar-refractivity contribution in [2.45, 2.75) is 25.9 Å². The zero-order valence-electron chi connectivity index (χ0n) is 8.35. The van der Waals surface area contributed by atoms with Gasteiger partial charge in [0.1, 0.15) is 6.33 Å². The van der Waals surface area contributed by atoms with Crippen LogP contribution < -0.4 is 0 Å². The highest BCUT2D eigenvalue weighted by atomic mass is 16.3. The van der Waals surface area contributed by atoms with E-state index in [1.165, 1.54) is 5.56 Å². The van der Waals surface area contributed by atoms with Crippen LogP contribution in [0.15, 0.2) is 12.5 Å². The minimum Gasteiger partial charge on any atom is -0.395 e. The molecule has 1 aliphatic heterocycles. The molecule has 1 aromatic rings. The number of aliphatic hydroxyl groups is 1. The summed E-state index contributed by atoms with van der Waals surface area (Å²) < 4.78 is 0. The van der Waals surface area contributed by atoms with E-state index in [9.17, 15) is 0 Å². The Morgan fingerprint density at radius 3 is 3.29 bits per heavy atom. The molecule has 1 aliphatic rings. The number of aliphatic hydroxyl groups excluding tert-OH is 1. The summed E-state index contributed by atoms with van der Waals surface area (Å²) in [6, 6.07) is 0.473. The zero-order chi connectivity index (χ0) is 9.97. The quantitative estimate of drug-likeness (QED) is 0.729. The van der Waals surface area contributed by atoms with E-state index in [-0.39, 0.29) is 6.61 Å². The van der Waals surface area contributed by atoms with Crippen molar-refractivity contribution >= 4 is 0 Å². The van der Waals surface area contributed by atoms with Crippen LogP contribution in [0.4, 0.5) is 0 Å². The molecule has 0 bridgehead atoms. The molecule has 0 fully saturated rings. The van der Waals surface area contributed by atoms with Gasteiger partial charge in [-0.2, -0.15) is 0 Å². The average molecular weight is 193 g/mol. The lowest BCUT2D eigenvalue weighted by Gasteiger charge is -2.33. The van der Waals surface area contributed by atoms with Gasteiger partial charge in [-0.3, -0.25) is 4.90 Å². The van der Waals surface area contributed by atoms with Crippen molar-refractivity contribution in [2.75, 3.05) is 13.2 Å². The molecule has 0 aromatic carbocycles. The molecule has 14 heavy (non-hydrogen) atoms. The average Bonchev–Trinajstić information content (AvgIpc) is 2.19. The van der Waals surface area contributed by atoms with E-state index < -0.39 is 0 Å². The summed E-state index contributed by atoms with van der Waals surface area (Å²) in [5, 5.41) is 8.91. The van der Waals surface area contributed by atoms with Crippen LogP contribution in [0.25, 0.3) is 0 Å². The van der Waals surface area contributed by atoms with Gasteiger partial charge in [0.15, 0.2) is 0 Å². The van der Waals surface area contributed by atoms with Gasteiger partial charge in [0, 0.05) is 25.3 Å². The van der Waals surface area contributed by atoms with Crippen molar-refractivity contribution in [1.82, 2.24) is 14.9 Å². The molecule has 0 saturated heterocycles. The number of hydrogen-bond acceptors (Lipinski definition) is 4. The first-order valence-electron chi connectivity index (χ1n) is 4.94. The third-order valence-corrected chi connectivity index (χ3v) is 2.76. The zero-order valence-corrected chi connectivity index (χ0v) is 8.35. The maximum absolute atomic E-state index is 8.91. The molecule has 2 heterocycles. The number of nitrogens with zero attached hydrogens (tertiary/aromatic N) is 3. The fourth-order valence-electron chi connectivity index (χ4n) is 1.92. The molecule has 0 spiro atoms. The van der Waals surface area contributed by atoms with Crippen molar-refractivity contribution in [2.24, 2.45) is 0 Å². The molecular formula is C10H15N3O. The molecule has 1 N–H and O–H groups in total. The predicted octanol–water partition coefficient (Wildman–Crippen LogP) is 0.216. The van der Waals surface area contributed by atoms with E-state index in [0.717, 1.165) is 25.2 Å². The summed E-state index contributed by atoms with van der Waals surface area (Å²) in [6.45, 7) is 3.94. The Morgan fingerprint density at radius 2 is 2.50 bits per heavy atom. The van der Waals surface area contributed by atoms with Crippen molar-refractivity contribution in [3.8, 4) is 0 Å². The summed E-state index contributed by atoms with van der Waals surface area (Å²) in [7, 11) is 0. The van der Waals surface area contributed by atoms with Gasteiger partial charge in [0.25, 0.3) is 0 Å². The SMILES string of the molecule is C[C@H]1Cc2cncnc2CN1CCO. The molecule has 0 unspecified atom stereocenters. The van der Waals surface area contributed by atoms with Crippen molar-refractivity contribution < 1.29 is 5.11 Å². The van der Waals surface area contributed by atoms with Crippen molar-refractivity contribution in [1.29, 1.82) is 0 Å². The lowest BCUT2D eigenvalue weighted by atomic mass is 10.0. The van der Waals surface area contributed by atoms with Gasteiger partial charge in [0.05, 0.1) is 12.3 Å². The highest BCUT2D eigenvalue weighted by molar-refractivity contribution is 5.20. The molecule has 1 atom stereocenters. The van der Waals surface area contributed by atoms with E-state index >= 15 is 0 Å². The molecule has 0 radical (unpaired) electrons. The fourth-order valence-corrected chi connectivity index (χ4v) is 1.92. The smallest absolute Gasteiger partial charge is 0.115 e. The highest BCUT2D eigenvalue weighted by Gasteiger charge is 2.22. The molecule has 1 aromatic heterocycles. The third-order valence-electron chi connectivity index (χ3n) is 2.76. The number of hydrogen-bond donors (Lipinski definition) is 1. The molecule has 0 amide bonds. The monoisotopic (exact) mass is 193 g/mol. The van der Waals surface area contributed by atoms with Gasteiger partial charge in [-0.1, -0.05) is 0 Å². The van der Waals surface area contributed by atoms with E-state index in [2.05, 4.69) is 21.8 Å². The van der Waals surface area contributed by atoms with Crippen LogP contribution in [0.3, 0.4) is 0 Å². The van der Waals surface area contributed by atoms with E-state index in [4.69, 9.17) is 5.11 Å². The van der Waals surface area contributed by atoms with E-state index in [1.807, 2.05) is 6.20 Å². The summed E-state index contributed by atoms with van der Waals surface area (Å²) in [5.41, 5.74) is 2.35. The van der Waals surface area contributed by atoms with Crippen LogP contribution in [0.5, 0.6) is 0 Å². The Kier molecular flexibility index (Phi) is 2.74. The number of β-amino-alcohol motifs (C(OH)–C–C–N with tert-alkyl or cyclic N) is 1. The second-order valence-corrected chi connectivity index (χ2v) is 3.74. The highest BCUT2D eigenvalue weighted by Crippen LogP contribution is 2.19. The van der Waals surface area contributed by atoms with E-state index in [0.29, 0.717) is 6.04 Å². The predicted molar refractivity (Wildman–Crippen MR) is 52.7 cm³/mol. The van der Waals surface area contributed by atoms with Crippen LogP contribution in [-0.2, 0) is 13.0 Å². The molecular weight excluding hydrogens is 178 g/mol. The Labute approximate surface area is 83.6 Å². The van der Waals surface area contributed by atoms with Crippen LogP contribution in [0.1, 0.15) is 18.2 Å². The van der Waals surface area contributed by atoms with Crippen molar-refractivity contribution in [3.63, 3.8) is 0 Å². The normalized spacial score (nSPS) is 22.0. The van der Waals surface area contributed by atoms with Gasteiger partial charge >= 0.3 is 0 Å². The molecule has 0 saturated carbocycles. The minimum absolute atomic E-state index is 0.213. The van der Waals surface area contributed by atoms with Crippen LogP contribution in [0.2, 0.25) is 0 Å². The second-order valence-electron chi connectivity index (χ2n) is 3.74. The second kappa shape index (κ2) is 4.02. The Morgan fingerprint density at radius 1 is 1.64 bits per heavy atom. The lowest BCUT2D eigenvalue weighted by molar-refractivity contribution is 0.139. The van der Waals surface area contributed by atoms with E-state index in [1.54, 1.807) is 6.33 Å². The summed E-state index contributed by atoms with van der Waals surface area (Å²) in [4.78, 5) is 10.5. The standard InChI is InChI=1S/C10H15N3O/c1-8-4-9-5-11-7-12-10(9)6-13(8)2-3-14/h5,7-8,14H,2-4,6H2,1H3/t8-/m0/s1. The van der Waals surface area contributed by atoms with Crippen LogP contribution in [-0.4, -0.2) is 39.2 Å². The first-order valence-corrected chi connectivity index (χ1v) is 4.94. The molecule has 0 aliphatic carbocycles. The summed E-state index contributed by atoms with van der Waals surface area (Å²) >= 11 is 0. The van der Waals surface area contributed by atoms with Crippen LogP contribution >= 0.6 is 0 Å². The molecule has 4 heteroatoms. The van der Waals surface area contributed by atoms with Gasteiger partial charge in [-0.05, 0) is 18.9 Å². The molecule has 76 valence electrons. The maximum atomic E-state index is 8.91. The maximum Gasteiger partial charge on any atom is 0.115 e. The molecule has 4 nitrogen and oxygen atoms in total. The Balaban J connectivity index is 2.18. The third kappa shape index (κ3) is 1.76. The minimum atomic E-state index is 0.213. The number of fused-ring (bicyclic) bond motifs is 1. The van der Waals surface area contributed by atoms with Gasteiger partial charge in [-0.25, -0.2) is 9.97 Å². The first-order chi connectivity index (χ1) is 6.81. The number of aromatic nitrogens is 2. The van der Waals surface area contributed by atoms with Gasteiger partial charge < -0.3 is 5.11 Å². The topological polar surface area (TPSA) is 49.2 Å². The first kappa shape index (κ1) is 9.55. The van der Waals surface area contributed by atoms with Gasteiger partial charge in [0.2, 0.25) is 0 Å². The molecule has 2 rings (SSSR count). The summed E-state index contributed by atoms with van der Waals surface area (Å²) in [6.07, 6.45) is 4.47. The summed E-state index contributed by atoms with van der Waals surface area (Å²) in [5.74, 6) is 0.